The third kappa shape index (κ3) is 1.65. The van der Waals surface area contributed by atoms with Crippen molar-refractivity contribution in [3.63, 3.8) is 0 Å². The first-order chi connectivity index (χ1) is 3.93. The summed E-state index contributed by atoms with van der Waals surface area (Å²) < 4.78 is 0. The lowest BCUT2D eigenvalue weighted by atomic mass is 10.5. The molecule has 1 heterocycles. The lowest BCUT2D eigenvalue weighted by Crippen LogP contribution is -2.41. The van der Waals surface area contributed by atoms with Crippen LogP contribution in [0.3, 0.4) is 0 Å². The van der Waals surface area contributed by atoms with Crippen molar-refractivity contribution in [3.8, 4) is 0 Å². The molecule has 0 amide bonds. The molecule has 3 heteroatoms. The highest BCUT2D eigenvalue weighted by Gasteiger charge is 2.08. The fraction of sp³-hybridized carbons (Fsp3) is 1.00. The number of thioether (sulfide) groups is 1. The first-order valence-electron chi connectivity index (χ1n) is 2.96. The number of hydrogen-bond donors (Lipinski definition) is 2. The van der Waals surface area contributed by atoms with E-state index in [2.05, 4.69) is 10.6 Å². The fourth-order valence-corrected chi connectivity index (χ4v) is 1.70. The molecule has 1 aliphatic heterocycles. The summed E-state index contributed by atoms with van der Waals surface area (Å²) in [4.78, 5) is 0. The van der Waals surface area contributed by atoms with Gasteiger partial charge in [-0.25, -0.2) is 0 Å². The van der Waals surface area contributed by atoms with Crippen molar-refractivity contribution in [3.05, 3.63) is 0 Å². The summed E-state index contributed by atoms with van der Waals surface area (Å²) in [5.41, 5.74) is 0.503. The van der Waals surface area contributed by atoms with E-state index in [4.69, 9.17) is 0 Å². The average molecular weight is 132 g/mol. The normalized spacial score (nSPS) is 30.4. The second kappa shape index (κ2) is 3.33. The Kier molecular flexibility index (Phi) is 2.66. The highest BCUT2D eigenvalue weighted by atomic mass is 32.2. The molecule has 0 aliphatic carbocycles. The first kappa shape index (κ1) is 6.39. The van der Waals surface area contributed by atoms with E-state index in [1.165, 1.54) is 18.7 Å². The van der Waals surface area contributed by atoms with Crippen molar-refractivity contribution < 1.29 is 0 Å². The van der Waals surface area contributed by atoms with Gasteiger partial charge in [0.25, 0.3) is 0 Å². The third-order valence-electron chi connectivity index (χ3n) is 1.20. The fourth-order valence-electron chi connectivity index (χ4n) is 0.751. The maximum atomic E-state index is 3.32. The number of hydrogen-bond acceptors (Lipinski definition) is 3. The zero-order valence-electron chi connectivity index (χ0n) is 5.11. The molecule has 48 valence electrons. The number of nitrogens with one attached hydrogen (secondary N) is 2. The largest absolute Gasteiger partial charge is 0.296 e. The Hall–Kier alpha value is 0.270. The van der Waals surface area contributed by atoms with E-state index in [0.717, 1.165) is 0 Å². The van der Waals surface area contributed by atoms with Crippen LogP contribution in [0.25, 0.3) is 0 Å². The van der Waals surface area contributed by atoms with Gasteiger partial charge in [0.1, 0.15) is 5.50 Å². The van der Waals surface area contributed by atoms with Gasteiger partial charge in [-0.05, 0) is 25.8 Å². The summed E-state index contributed by atoms with van der Waals surface area (Å²) in [6.07, 6.45) is 1.31. The van der Waals surface area contributed by atoms with Crippen LogP contribution in [0.5, 0.6) is 0 Å². The van der Waals surface area contributed by atoms with Crippen molar-refractivity contribution >= 4 is 11.8 Å². The van der Waals surface area contributed by atoms with Gasteiger partial charge in [0.2, 0.25) is 0 Å². The molecular formula is C5H12N2S. The van der Waals surface area contributed by atoms with Crippen LogP contribution in [0.2, 0.25) is 0 Å². The van der Waals surface area contributed by atoms with E-state index >= 15 is 0 Å². The smallest absolute Gasteiger partial charge is 0.105 e. The van der Waals surface area contributed by atoms with E-state index < -0.39 is 0 Å². The summed E-state index contributed by atoms with van der Waals surface area (Å²) in [7, 11) is 1.98. The molecule has 2 nitrogen and oxygen atoms in total. The van der Waals surface area contributed by atoms with E-state index in [1.54, 1.807) is 0 Å². The molecule has 1 rings (SSSR count). The van der Waals surface area contributed by atoms with Crippen LogP contribution >= 0.6 is 11.8 Å². The monoisotopic (exact) mass is 132 g/mol. The summed E-state index contributed by atoms with van der Waals surface area (Å²) in [6, 6.07) is 0. The lowest BCUT2D eigenvalue weighted by Gasteiger charge is -2.21. The molecule has 2 N–H and O–H groups in total. The predicted molar refractivity (Wildman–Crippen MR) is 37.9 cm³/mol. The standard InChI is InChI=1S/C5H12N2S/c1-6-5-7-3-2-4-8-5/h5-7H,2-4H2,1H3. The Morgan fingerprint density at radius 2 is 2.62 bits per heavy atom. The maximum Gasteiger partial charge on any atom is 0.105 e. The van der Waals surface area contributed by atoms with Crippen molar-refractivity contribution in [1.29, 1.82) is 0 Å². The number of rotatable bonds is 1. The SMILES string of the molecule is CNC1NCCCS1. The minimum absolute atomic E-state index is 0.503. The molecule has 1 saturated heterocycles. The Morgan fingerprint density at radius 1 is 1.75 bits per heavy atom. The molecule has 0 bridgehead atoms. The van der Waals surface area contributed by atoms with Gasteiger partial charge < -0.3 is 0 Å². The van der Waals surface area contributed by atoms with Crippen molar-refractivity contribution in [2.24, 2.45) is 0 Å². The molecule has 0 radical (unpaired) electrons. The van der Waals surface area contributed by atoms with Gasteiger partial charge in [0.05, 0.1) is 0 Å². The molecule has 1 atom stereocenters. The molecule has 0 aromatic rings. The lowest BCUT2D eigenvalue weighted by molar-refractivity contribution is 0.568. The van der Waals surface area contributed by atoms with Gasteiger partial charge in [-0.15, -0.1) is 11.8 Å². The zero-order chi connectivity index (χ0) is 5.82. The van der Waals surface area contributed by atoms with Crippen molar-refractivity contribution in [2.75, 3.05) is 19.3 Å². The second-order valence-corrected chi connectivity index (χ2v) is 3.06. The topological polar surface area (TPSA) is 24.1 Å². The van der Waals surface area contributed by atoms with Gasteiger partial charge in [-0.3, -0.25) is 10.6 Å². The summed E-state index contributed by atoms with van der Waals surface area (Å²) >= 11 is 1.94. The zero-order valence-corrected chi connectivity index (χ0v) is 5.92. The Morgan fingerprint density at radius 3 is 3.00 bits per heavy atom. The highest BCUT2D eigenvalue weighted by molar-refractivity contribution is 7.99. The minimum Gasteiger partial charge on any atom is -0.296 e. The second-order valence-electron chi connectivity index (χ2n) is 1.85. The van der Waals surface area contributed by atoms with E-state index in [9.17, 15) is 0 Å². The molecule has 0 aromatic carbocycles. The van der Waals surface area contributed by atoms with Crippen molar-refractivity contribution in [2.45, 2.75) is 11.9 Å². The molecule has 8 heavy (non-hydrogen) atoms. The van der Waals surface area contributed by atoms with Crippen LogP contribution in [0, 0.1) is 0 Å². The van der Waals surface area contributed by atoms with E-state index in [1.807, 2.05) is 18.8 Å². The van der Waals surface area contributed by atoms with Gasteiger partial charge >= 0.3 is 0 Å². The van der Waals surface area contributed by atoms with Crippen LogP contribution in [0.1, 0.15) is 6.42 Å². The molecule has 1 unspecified atom stereocenters. The summed E-state index contributed by atoms with van der Waals surface area (Å²) in [6.45, 7) is 1.17. The van der Waals surface area contributed by atoms with Crippen LogP contribution in [-0.4, -0.2) is 24.8 Å². The van der Waals surface area contributed by atoms with E-state index in [-0.39, 0.29) is 0 Å². The van der Waals surface area contributed by atoms with Gasteiger partial charge in [0, 0.05) is 0 Å². The van der Waals surface area contributed by atoms with Gasteiger partial charge in [-0.1, -0.05) is 0 Å². The Bertz CT molecular complexity index is 61.4. The first-order valence-corrected chi connectivity index (χ1v) is 4.00. The molecule has 1 fully saturated rings. The van der Waals surface area contributed by atoms with Crippen LogP contribution < -0.4 is 10.6 Å². The van der Waals surface area contributed by atoms with Crippen LogP contribution in [-0.2, 0) is 0 Å². The van der Waals surface area contributed by atoms with Crippen molar-refractivity contribution in [1.82, 2.24) is 10.6 Å². The summed E-state index contributed by atoms with van der Waals surface area (Å²) in [5, 5.41) is 6.48. The Labute approximate surface area is 54.4 Å². The van der Waals surface area contributed by atoms with Gasteiger partial charge in [-0.2, -0.15) is 0 Å². The quantitative estimate of drug-likeness (QED) is 0.533. The predicted octanol–water partition coefficient (Wildman–Crippen LogP) is 0.216. The van der Waals surface area contributed by atoms with Crippen LogP contribution in [0.15, 0.2) is 0 Å². The molecule has 1 aliphatic rings. The molecular weight excluding hydrogens is 120 g/mol. The van der Waals surface area contributed by atoms with Gasteiger partial charge in [0.15, 0.2) is 0 Å². The third-order valence-corrected chi connectivity index (χ3v) is 2.46. The molecule has 0 spiro atoms. The molecule has 0 saturated carbocycles. The minimum atomic E-state index is 0.503. The average Bonchev–Trinajstić information content (AvgIpc) is 1.90. The highest BCUT2D eigenvalue weighted by Crippen LogP contribution is 2.10. The summed E-state index contributed by atoms with van der Waals surface area (Å²) in [5.74, 6) is 1.29. The molecule has 0 aromatic heterocycles. The Balaban J connectivity index is 2.13. The van der Waals surface area contributed by atoms with E-state index in [0.29, 0.717) is 5.50 Å². The maximum absolute atomic E-state index is 3.32. The van der Waals surface area contributed by atoms with Crippen LogP contribution in [0.4, 0.5) is 0 Å².